The number of hydrogen-bond donors (Lipinski definition) is 3. The lowest BCUT2D eigenvalue weighted by molar-refractivity contribution is -0.142. The number of hydrogen-bond acceptors (Lipinski definition) is 4. The largest absolute Gasteiger partial charge is 0.481 e. The summed E-state index contributed by atoms with van der Waals surface area (Å²) in [5, 5.41) is 22.0. The number of fused-ring (bicyclic) bond motifs is 1. The molecule has 1 amide bonds. The average molecular weight is 276 g/mol. The highest BCUT2D eigenvalue weighted by Gasteiger charge is 2.22. The highest BCUT2D eigenvalue weighted by Crippen LogP contribution is 2.12. The number of aromatic nitrogens is 3. The minimum absolute atomic E-state index is 0.0502. The van der Waals surface area contributed by atoms with E-state index in [2.05, 4.69) is 20.7 Å². The number of aromatic amines is 1. The van der Waals surface area contributed by atoms with E-state index in [-0.39, 0.29) is 18.4 Å². The highest BCUT2D eigenvalue weighted by atomic mass is 16.4. The molecule has 1 aromatic heterocycles. The summed E-state index contributed by atoms with van der Waals surface area (Å²) >= 11 is 0. The van der Waals surface area contributed by atoms with Gasteiger partial charge in [-0.2, -0.15) is 15.4 Å². The second-order valence-electron chi connectivity index (χ2n) is 4.93. The van der Waals surface area contributed by atoms with Gasteiger partial charge in [0.1, 0.15) is 11.0 Å². The molecular formula is C13H16N4O3. The van der Waals surface area contributed by atoms with Crippen molar-refractivity contribution in [1.82, 2.24) is 20.7 Å². The lowest BCUT2D eigenvalue weighted by Gasteiger charge is -2.16. The number of amides is 1. The molecular weight excluding hydrogens is 260 g/mol. The number of carboxylic acids is 1. The van der Waals surface area contributed by atoms with Gasteiger partial charge >= 0.3 is 5.97 Å². The van der Waals surface area contributed by atoms with Gasteiger partial charge in [-0.25, -0.2) is 0 Å². The van der Waals surface area contributed by atoms with Gasteiger partial charge in [-0.1, -0.05) is 13.8 Å². The molecule has 0 spiro atoms. The van der Waals surface area contributed by atoms with Crippen LogP contribution in [0.2, 0.25) is 0 Å². The van der Waals surface area contributed by atoms with Crippen molar-refractivity contribution >= 4 is 22.9 Å². The molecule has 0 aliphatic heterocycles. The van der Waals surface area contributed by atoms with Gasteiger partial charge < -0.3 is 10.4 Å². The van der Waals surface area contributed by atoms with E-state index in [4.69, 9.17) is 5.11 Å². The fraction of sp³-hybridized carbons (Fsp3) is 0.385. The Labute approximate surface area is 115 Å². The average Bonchev–Trinajstić information content (AvgIpc) is 2.84. The SMILES string of the molecule is CC(C)C(CNC(=O)c1ccc2n[nH]nc2c1)C(=O)O. The predicted octanol–water partition coefficient (Wildman–Crippen LogP) is 1.04. The molecule has 0 aliphatic rings. The number of H-pyrrole nitrogens is 1. The van der Waals surface area contributed by atoms with Crippen molar-refractivity contribution < 1.29 is 14.7 Å². The maximum absolute atomic E-state index is 12.0. The Morgan fingerprint density at radius 2 is 2.00 bits per heavy atom. The number of carboxylic acid groups (broad SMARTS) is 1. The summed E-state index contributed by atoms with van der Waals surface area (Å²) in [6, 6.07) is 4.93. The van der Waals surface area contributed by atoms with Crippen LogP contribution in [0.15, 0.2) is 18.2 Å². The van der Waals surface area contributed by atoms with Crippen LogP contribution in [0.3, 0.4) is 0 Å². The van der Waals surface area contributed by atoms with E-state index in [1.807, 2.05) is 13.8 Å². The third-order valence-electron chi connectivity index (χ3n) is 3.18. The van der Waals surface area contributed by atoms with Gasteiger partial charge in [0.2, 0.25) is 0 Å². The standard InChI is InChI=1S/C13H16N4O3/c1-7(2)9(13(19)20)6-14-12(18)8-3-4-10-11(5-8)16-17-15-10/h3-5,7,9H,6H2,1-2H3,(H,14,18)(H,19,20)(H,15,16,17). The van der Waals surface area contributed by atoms with Crippen LogP contribution in [-0.2, 0) is 4.79 Å². The van der Waals surface area contributed by atoms with Crippen molar-refractivity contribution in [2.24, 2.45) is 11.8 Å². The first-order valence-electron chi connectivity index (χ1n) is 6.30. The number of aliphatic carboxylic acids is 1. The number of carbonyl (C=O) groups excluding carboxylic acids is 1. The Morgan fingerprint density at radius 1 is 1.30 bits per heavy atom. The third-order valence-corrected chi connectivity index (χ3v) is 3.18. The summed E-state index contributed by atoms with van der Waals surface area (Å²) < 4.78 is 0. The Hall–Kier alpha value is -2.44. The zero-order valence-corrected chi connectivity index (χ0v) is 11.3. The van der Waals surface area contributed by atoms with E-state index in [1.165, 1.54) is 0 Å². The maximum atomic E-state index is 12.0. The topological polar surface area (TPSA) is 108 Å². The van der Waals surface area contributed by atoms with Gasteiger partial charge in [-0.05, 0) is 24.1 Å². The molecule has 3 N–H and O–H groups in total. The first kappa shape index (κ1) is 14.0. The molecule has 0 fully saturated rings. The minimum Gasteiger partial charge on any atom is -0.481 e. The second kappa shape index (κ2) is 5.68. The van der Waals surface area contributed by atoms with E-state index in [0.717, 1.165) is 0 Å². The quantitative estimate of drug-likeness (QED) is 0.756. The van der Waals surface area contributed by atoms with E-state index < -0.39 is 11.9 Å². The molecule has 1 heterocycles. The van der Waals surface area contributed by atoms with Crippen molar-refractivity contribution in [3.63, 3.8) is 0 Å². The molecule has 0 aliphatic carbocycles. The molecule has 2 rings (SSSR count). The van der Waals surface area contributed by atoms with Crippen molar-refractivity contribution in [1.29, 1.82) is 0 Å². The third kappa shape index (κ3) is 2.93. The molecule has 1 unspecified atom stereocenters. The van der Waals surface area contributed by atoms with Crippen LogP contribution in [0.5, 0.6) is 0 Å². The van der Waals surface area contributed by atoms with Crippen molar-refractivity contribution in [3.8, 4) is 0 Å². The summed E-state index contributed by atoms with van der Waals surface area (Å²) in [5.41, 5.74) is 1.70. The van der Waals surface area contributed by atoms with E-state index in [1.54, 1.807) is 18.2 Å². The van der Waals surface area contributed by atoms with Crippen molar-refractivity contribution in [2.75, 3.05) is 6.54 Å². The molecule has 0 bridgehead atoms. The summed E-state index contributed by atoms with van der Waals surface area (Å²) in [6.07, 6.45) is 0. The summed E-state index contributed by atoms with van der Waals surface area (Å²) in [5.74, 6) is -1.88. The molecule has 106 valence electrons. The number of nitrogens with zero attached hydrogens (tertiary/aromatic N) is 2. The molecule has 0 saturated heterocycles. The van der Waals surface area contributed by atoms with Crippen LogP contribution in [0.4, 0.5) is 0 Å². The molecule has 20 heavy (non-hydrogen) atoms. The first-order valence-corrected chi connectivity index (χ1v) is 6.30. The number of carbonyl (C=O) groups is 2. The van der Waals surface area contributed by atoms with E-state index in [0.29, 0.717) is 16.6 Å². The fourth-order valence-corrected chi connectivity index (χ4v) is 1.89. The van der Waals surface area contributed by atoms with Gasteiger partial charge in [0, 0.05) is 12.1 Å². The number of rotatable bonds is 5. The van der Waals surface area contributed by atoms with Gasteiger partial charge in [0.25, 0.3) is 5.91 Å². The fourth-order valence-electron chi connectivity index (χ4n) is 1.89. The molecule has 7 heteroatoms. The molecule has 0 saturated carbocycles. The molecule has 1 aromatic carbocycles. The lowest BCUT2D eigenvalue weighted by Crippen LogP contribution is -2.35. The Balaban J connectivity index is 2.05. The number of benzene rings is 1. The maximum Gasteiger partial charge on any atom is 0.308 e. The Morgan fingerprint density at radius 3 is 2.65 bits per heavy atom. The molecule has 0 radical (unpaired) electrons. The summed E-state index contributed by atoms with van der Waals surface area (Å²) in [6.45, 7) is 3.72. The van der Waals surface area contributed by atoms with E-state index in [9.17, 15) is 9.59 Å². The van der Waals surface area contributed by atoms with Crippen LogP contribution in [0.25, 0.3) is 11.0 Å². The van der Waals surface area contributed by atoms with E-state index >= 15 is 0 Å². The van der Waals surface area contributed by atoms with Gasteiger partial charge in [0.05, 0.1) is 5.92 Å². The first-order chi connectivity index (χ1) is 9.49. The monoisotopic (exact) mass is 276 g/mol. The summed E-state index contributed by atoms with van der Waals surface area (Å²) in [4.78, 5) is 23.1. The highest BCUT2D eigenvalue weighted by molar-refractivity contribution is 5.97. The zero-order valence-electron chi connectivity index (χ0n) is 11.3. The van der Waals surface area contributed by atoms with Gasteiger partial charge in [-0.15, -0.1) is 0 Å². The Kier molecular flexibility index (Phi) is 3.97. The normalized spacial score (nSPS) is 12.6. The van der Waals surface area contributed by atoms with Crippen LogP contribution in [0.1, 0.15) is 24.2 Å². The second-order valence-corrected chi connectivity index (χ2v) is 4.93. The van der Waals surface area contributed by atoms with Crippen molar-refractivity contribution in [2.45, 2.75) is 13.8 Å². The number of nitrogens with one attached hydrogen (secondary N) is 2. The lowest BCUT2D eigenvalue weighted by atomic mass is 9.96. The minimum atomic E-state index is -0.910. The summed E-state index contributed by atoms with van der Waals surface area (Å²) in [7, 11) is 0. The Bertz CT molecular complexity index is 635. The zero-order chi connectivity index (χ0) is 14.7. The van der Waals surface area contributed by atoms with Gasteiger partial charge in [-0.3, -0.25) is 9.59 Å². The molecule has 2 aromatic rings. The predicted molar refractivity (Wildman–Crippen MR) is 72.2 cm³/mol. The van der Waals surface area contributed by atoms with Gasteiger partial charge in [0.15, 0.2) is 0 Å². The van der Waals surface area contributed by atoms with Crippen LogP contribution >= 0.6 is 0 Å². The van der Waals surface area contributed by atoms with Crippen LogP contribution in [-0.4, -0.2) is 38.9 Å². The van der Waals surface area contributed by atoms with Crippen molar-refractivity contribution in [3.05, 3.63) is 23.8 Å². The van der Waals surface area contributed by atoms with Crippen LogP contribution in [0, 0.1) is 11.8 Å². The van der Waals surface area contributed by atoms with Crippen LogP contribution < -0.4 is 5.32 Å². The smallest absolute Gasteiger partial charge is 0.308 e. The molecule has 1 atom stereocenters. The molecule has 7 nitrogen and oxygen atoms in total.